The molecule has 3 fully saturated rings. The predicted octanol–water partition coefficient (Wildman–Crippen LogP) is 3.83. The summed E-state index contributed by atoms with van der Waals surface area (Å²) in [5.41, 5.74) is 0.578. The van der Waals surface area contributed by atoms with Gasteiger partial charge in [0, 0.05) is 37.2 Å². The molecule has 0 aromatic heterocycles. The van der Waals surface area contributed by atoms with Gasteiger partial charge in [-0.1, -0.05) is 31.1 Å². The van der Waals surface area contributed by atoms with Crippen LogP contribution in [0.2, 0.25) is 0 Å². The Morgan fingerprint density at radius 2 is 1.76 bits per heavy atom. The minimum atomic E-state index is -3.90. The fourth-order valence-corrected chi connectivity index (χ4v) is 8.82. The number of ether oxygens (including phenoxy) is 2. The van der Waals surface area contributed by atoms with E-state index in [4.69, 9.17) is 9.47 Å². The Balaban J connectivity index is 1.23. The van der Waals surface area contributed by atoms with Crippen molar-refractivity contribution in [1.29, 1.82) is 0 Å². The van der Waals surface area contributed by atoms with E-state index in [0.717, 1.165) is 29.7 Å². The van der Waals surface area contributed by atoms with Crippen molar-refractivity contribution in [2.24, 2.45) is 5.92 Å². The van der Waals surface area contributed by atoms with Gasteiger partial charge in [-0.15, -0.1) is 0 Å². The highest BCUT2D eigenvalue weighted by molar-refractivity contribution is 7.91. The van der Waals surface area contributed by atoms with E-state index in [0.29, 0.717) is 38.8 Å². The number of fused-ring (bicyclic) bond motifs is 3. The number of amides is 5. The van der Waals surface area contributed by atoms with Gasteiger partial charge < -0.3 is 30.3 Å². The summed E-state index contributed by atoms with van der Waals surface area (Å²) in [5.74, 6) is -2.49. The number of sulfonamides is 1. The molecular formula is C38H54N6O9S. The van der Waals surface area contributed by atoms with Crippen LogP contribution in [0.5, 0.6) is 0 Å². The van der Waals surface area contributed by atoms with Crippen LogP contribution in [0, 0.1) is 5.92 Å². The summed E-state index contributed by atoms with van der Waals surface area (Å²) >= 11 is 0. The smallest absolute Gasteiger partial charge is 0.410 e. The first-order valence-corrected chi connectivity index (χ1v) is 20.7. The van der Waals surface area contributed by atoms with E-state index >= 15 is 0 Å². The fraction of sp³-hybridized carbons (Fsp3) is 0.658. The van der Waals surface area contributed by atoms with Crippen LogP contribution in [0.1, 0.15) is 104 Å². The molecule has 6 rings (SSSR count). The molecule has 16 heteroatoms. The van der Waals surface area contributed by atoms with Crippen molar-refractivity contribution in [1.82, 2.24) is 25.2 Å². The second-order valence-corrected chi connectivity index (χ2v) is 18.6. The third-order valence-corrected chi connectivity index (χ3v) is 12.3. The Kier molecular flexibility index (Phi) is 11.2. The zero-order chi connectivity index (χ0) is 39.0. The lowest BCUT2D eigenvalue weighted by molar-refractivity contribution is -0.141. The van der Waals surface area contributed by atoms with Crippen molar-refractivity contribution in [2.45, 2.75) is 146 Å². The normalized spacial score (nSPS) is 27.4. The molecule has 5 atom stereocenters. The first-order valence-electron chi connectivity index (χ1n) is 19.1. The van der Waals surface area contributed by atoms with Crippen LogP contribution in [0.3, 0.4) is 0 Å². The van der Waals surface area contributed by atoms with E-state index in [1.807, 2.05) is 44.2 Å². The van der Waals surface area contributed by atoms with Gasteiger partial charge >= 0.3 is 12.2 Å². The molecule has 5 aliphatic rings. The lowest BCUT2D eigenvalue weighted by Crippen LogP contribution is -2.58. The van der Waals surface area contributed by atoms with Crippen molar-refractivity contribution < 1.29 is 41.9 Å². The number of carbonyl (C=O) groups excluding carboxylic acids is 5. The van der Waals surface area contributed by atoms with Gasteiger partial charge in [0.25, 0.3) is 5.91 Å². The maximum atomic E-state index is 14.4. The number of hydrogen-bond donors (Lipinski definition) is 4. The Hall–Kier alpha value is -4.34. The van der Waals surface area contributed by atoms with E-state index in [2.05, 4.69) is 20.7 Å². The van der Waals surface area contributed by atoms with E-state index in [-0.39, 0.29) is 31.8 Å². The Morgan fingerprint density at radius 3 is 2.46 bits per heavy atom. The van der Waals surface area contributed by atoms with Crippen LogP contribution in [0.4, 0.5) is 15.3 Å². The molecule has 0 bridgehead atoms. The highest BCUT2D eigenvalue weighted by atomic mass is 32.2. The summed E-state index contributed by atoms with van der Waals surface area (Å²) in [5, 5.41) is 8.26. The Bertz CT molecular complexity index is 1790. The minimum Gasteiger partial charge on any atom is -0.444 e. The molecule has 15 nitrogen and oxygen atoms in total. The second-order valence-electron chi connectivity index (χ2n) is 16.6. The number of carbonyl (C=O) groups is 5. The molecule has 296 valence electrons. The molecule has 2 saturated carbocycles. The van der Waals surface area contributed by atoms with Crippen molar-refractivity contribution in [2.75, 3.05) is 11.9 Å². The van der Waals surface area contributed by atoms with Gasteiger partial charge in [0.1, 0.15) is 29.3 Å². The number of rotatable bonds is 7. The van der Waals surface area contributed by atoms with Gasteiger partial charge in [-0.25, -0.2) is 18.0 Å². The van der Waals surface area contributed by atoms with Crippen LogP contribution < -0.4 is 20.7 Å². The van der Waals surface area contributed by atoms with Gasteiger partial charge in [0.2, 0.25) is 21.8 Å². The average molecular weight is 771 g/mol. The van der Waals surface area contributed by atoms with Crippen LogP contribution in [0.25, 0.3) is 0 Å². The minimum absolute atomic E-state index is 0.0652. The van der Waals surface area contributed by atoms with Crippen molar-refractivity contribution >= 4 is 45.6 Å². The number of benzene rings is 1. The van der Waals surface area contributed by atoms with Gasteiger partial charge in [-0.05, 0) is 96.4 Å². The maximum Gasteiger partial charge on any atom is 0.410 e. The molecule has 1 aromatic rings. The Labute approximate surface area is 317 Å². The first-order chi connectivity index (χ1) is 25.4. The molecule has 54 heavy (non-hydrogen) atoms. The molecule has 0 unspecified atom stereocenters. The zero-order valence-electron chi connectivity index (χ0n) is 31.8. The van der Waals surface area contributed by atoms with E-state index in [9.17, 15) is 32.4 Å². The molecule has 1 saturated heterocycles. The maximum absolute atomic E-state index is 14.4. The summed E-state index contributed by atoms with van der Waals surface area (Å²) in [7, 11) is -3.90. The SMILES string of the molecule is CC(C)Nc1ccc2c(c1)CN(C(=O)O[C@@H]1C[C@H]3C(=O)N[C@]4(C(=O)NS(=O)(=O)C5CC5)C[C@H]4C=CCCCCC[C@@H](NC(=O)OC(C)(C)C)C(=O)N3C1)C2. The first kappa shape index (κ1) is 39.4. The topological polar surface area (TPSA) is 193 Å². The molecule has 5 amide bonds. The van der Waals surface area contributed by atoms with Crippen LogP contribution in [0.15, 0.2) is 30.4 Å². The molecule has 3 aliphatic heterocycles. The number of anilines is 1. The molecule has 4 N–H and O–H groups in total. The lowest BCUT2D eigenvalue weighted by Gasteiger charge is -2.30. The Morgan fingerprint density at radius 1 is 1.02 bits per heavy atom. The van der Waals surface area contributed by atoms with Gasteiger partial charge in [-0.3, -0.25) is 24.0 Å². The standard InChI is InChI=1S/C38H54N6O9S/c1-23(2)39-27-14-13-24-20-43(21-25(24)17-27)36(49)52-28-18-31-32(45)41-38(34(47)42-54(50,51)29-15-16-29)19-26(38)11-9-7-6-8-10-12-30(33(46)44(31)22-28)40-35(48)53-37(3,4)5/h9,11,13-14,17,23,26,28-31,39H,6-8,10,12,15-16,18-22H2,1-5H3,(H,40,48)(H,41,45)(H,42,47)/t26-,28-,30-,31+,38-/m1/s1. The molecule has 3 heterocycles. The fourth-order valence-electron chi connectivity index (χ4n) is 7.46. The average Bonchev–Trinajstić information content (AvgIpc) is 3.96. The van der Waals surface area contributed by atoms with Crippen LogP contribution in [-0.4, -0.2) is 95.3 Å². The van der Waals surface area contributed by atoms with Crippen LogP contribution >= 0.6 is 0 Å². The third-order valence-electron chi connectivity index (χ3n) is 10.4. The lowest BCUT2D eigenvalue weighted by atomic mass is 10.0. The van der Waals surface area contributed by atoms with E-state index in [1.165, 1.54) is 4.90 Å². The zero-order valence-corrected chi connectivity index (χ0v) is 32.6. The molecular weight excluding hydrogens is 717 g/mol. The summed E-state index contributed by atoms with van der Waals surface area (Å²) in [6.45, 7) is 9.77. The predicted molar refractivity (Wildman–Crippen MR) is 199 cm³/mol. The summed E-state index contributed by atoms with van der Waals surface area (Å²) < 4.78 is 39.2. The molecule has 2 aliphatic carbocycles. The van der Waals surface area contributed by atoms with Gasteiger partial charge in [0.05, 0.1) is 11.8 Å². The number of nitrogens with one attached hydrogen (secondary N) is 4. The third kappa shape index (κ3) is 9.29. The van der Waals surface area contributed by atoms with Gasteiger partial charge in [-0.2, -0.15) is 0 Å². The highest BCUT2D eigenvalue weighted by Crippen LogP contribution is 2.46. The largest absolute Gasteiger partial charge is 0.444 e. The van der Waals surface area contributed by atoms with Crippen molar-refractivity contribution in [3.05, 3.63) is 41.5 Å². The van der Waals surface area contributed by atoms with Gasteiger partial charge in [0.15, 0.2) is 0 Å². The number of alkyl carbamates (subject to hydrolysis) is 1. The number of hydrogen-bond acceptors (Lipinski definition) is 10. The molecule has 0 spiro atoms. The van der Waals surface area contributed by atoms with E-state index in [1.54, 1.807) is 25.7 Å². The summed E-state index contributed by atoms with van der Waals surface area (Å²) in [6.07, 6.45) is 5.64. The van der Waals surface area contributed by atoms with Crippen LogP contribution in [-0.2, 0) is 47.0 Å². The summed E-state index contributed by atoms with van der Waals surface area (Å²) in [4.78, 5) is 71.7. The van der Waals surface area contributed by atoms with E-state index < -0.39 is 80.4 Å². The molecule has 1 aromatic carbocycles. The van der Waals surface area contributed by atoms with Crippen molar-refractivity contribution in [3.63, 3.8) is 0 Å². The quantitative estimate of drug-likeness (QED) is 0.297. The summed E-state index contributed by atoms with van der Waals surface area (Å²) in [6, 6.07) is 3.97. The monoisotopic (exact) mass is 770 g/mol. The van der Waals surface area contributed by atoms with Crippen molar-refractivity contribution in [3.8, 4) is 0 Å². The molecule has 0 radical (unpaired) electrons. The second kappa shape index (κ2) is 15.4. The number of nitrogens with zero attached hydrogens (tertiary/aromatic N) is 2. The number of allylic oxidation sites excluding steroid dienone is 1. The highest BCUT2D eigenvalue weighted by Gasteiger charge is 2.62.